The predicted molar refractivity (Wildman–Crippen MR) is 114 cm³/mol. The zero-order valence-corrected chi connectivity index (χ0v) is 19.1. The lowest BCUT2D eigenvalue weighted by molar-refractivity contribution is 0.0827. The van der Waals surface area contributed by atoms with Crippen LogP contribution in [0.15, 0.2) is 41.0 Å². The number of halogens is 2. The summed E-state index contributed by atoms with van der Waals surface area (Å²) in [6.45, 7) is 10.9. The van der Waals surface area contributed by atoms with E-state index in [4.69, 9.17) is 21.0 Å². The first kappa shape index (κ1) is 19.5. The molecule has 0 aliphatic rings. The molecule has 2 heterocycles. The Bertz CT molecular complexity index is 936. The monoisotopic (exact) mass is 451 g/mol. The molecule has 26 heavy (non-hydrogen) atoms. The van der Waals surface area contributed by atoms with Crippen LogP contribution in [0.5, 0.6) is 0 Å². The summed E-state index contributed by atoms with van der Waals surface area (Å²) in [7, 11) is -1.22. The van der Waals surface area contributed by atoms with E-state index in [2.05, 4.69) is 54.9 Å². The van der Waals surface area contributed by atoms with E-state index in [0.717, 1.165) is 26.9 Å². The number of nitrogens with zero attached hydrogens (tertiary/aromatic N) is 3. The molecule has 4 nitrogen and oxygen atoms in total. The predicted octanol–water partition coefficient (Wildman–Crippen LogP) is 5.92. The van der Waals surface area contributed by atoms with E-state index in [1.807, 2.05) is 35.0 Å². The van der Waals surface area contributed by atoms with Gasteiger partial charge in [-0.05, 0) is 42.8 Å². The number of hydrogen-bond donors (Lipinski definition) is 0. The molecule has 0 bridgehead atoms. The van der Waals surface area contributed by atoms with E-state index < -0.39 is 9.04 Å². The fourth-order valence-electron chi connectivity index (χ4n) is 2.93. The van der Waals surface area contributed by atoms with Crippen LogP contribution in [0.3, 0.4) is 0 Å². The van der Waals surface area contributed by atoms with Gasteiger partial charge in [-0.2, -0.15) is 5.10 Å². The second kappa shape index (κ2) is 7.42. The van der Waals surface area contributed by atoms with E-state index in [1.54, 1.807) is 6.20 Å². The summed E-state index contributed by atoms with van der Waals surface area (Å²) in [4.78, 5) is 4.88. The molecule has 1 atom stereocenters. The molecule has 0 aliphatic carbocycles. The Hall–Kier alpha value is -1.21. The maximum Gasteiger partial charge on any atom is 0.171 e. The quantitative estimate of drug-likeness (QED) is 0.461. The van der Waals surface area contributed by atoms with Gasteiger partial charge in [0.1, 0.15) is 0 Å². The molecule has 0 spiro atoms. The molecule has 0 saturated carbocycles. The summed E-state index contributed by atoms with van der Waals surface area (Å²) in [5.41, 5.74) is 1.81. The zero-order chi connectivity index (χ0) is 19.1. The number of aromatic nitrogens is 3. The number of hydrogen-bond acceptors (Lipinski definition) is 3. The van der Waals surface area contributed by atoms with Crippen LogP contribution >= 0.6 is 27.5 Å². The minimum Gasteiger partial charge on any atom is -0.412 e. The molecule has 3 rings (SSSR count). The van der Waals surface area contributed by atoms with Gasteiger partial charge < -0.3 is 4.43 Å². The van der Waals surface area contributed by atoms with Crippen LogP contribution in [-0.2, 0) is 4.43 Å². The molecule has 0 aliphatic heterocycles. The lowest BCUT2D eigenvalue weighted by Crippen LogP contribution is -2.27. The van der Waals surface area contributed by atoms with Gasteiger partial charge in [-0.15, -0.1) is 0 Å². The van der Waals surface area contributed by atoms with E-state index in [-0.39, 0.29) is 11.5 Å². The minimum atomic E-state index is -1.22. The smallest absolute Gasteiger partial charge is 0.171 e. The Morgan fingerprint density at radius 1 is 1.23 bits per heavy atom. The molecule has 0 saturated heterocycles. The minimum absolute atomic E-state index is 0.0403. The summed E-state index contributed by atoms with van der Waals surface area (Å²) < 4.78 is 9.05. The molecule has 1 unspecified atom stereocenters. The second-order valence-corrected chi connectivity index (χ2v) is 11.4. The highest BCUT2D eigenvalue weighted by molar-refractivity contribution is 9.10. The van der Waals surface area contributed by atoms with Gasteiger partial charge in [-0.25, -0.2) is 9.67 Å². The van der Waals surface area contributed by atoms with Gasteiger partial charge in [0.05, 0.1) is 28.5 Å². The summed E-state index contributed by atoms with van der Waals surface area (Å²) >= 11 is 9.85. The van der Waals surface area contributed by atoms with Crippen LogP contribution in [0.1, 0.15) is 32.6 Å². The highest BCUT2D eigenvalue weighted by atomic mass is 79.9. The van der Waals surface area contributed by atoms with Gasteiger partial charge in [0.2, 0.25) is 0 Å². The molecule has 0 amide bonds. The molecule has 0 fully saturated rings. The molecule has 0 radical (unpaired) electrons. The molecule has 0 N–H and O–H groups in total. The Morgan fingerprint density at radius 2 is 1.96 bits per heavy atom. The third-order valence-electron chi connectivity index (χ3n) is 4.04. The summed E-state index contributed by atoms with van der Waals surface area (Å²) in [6, 6.07) is 9.87. The van der Waals surface area contributed by atoms with Crippen molar-refractivity contribution >= 4 is 47.5 Å². The van der Waals surface area contributed by atoms with Crippen LogP contribution in [0.2, 0.25) is 18.1 Å². The third-order valence-corrected chi connectivity index (χ3v) is 5.63. The van der Waals surface area contributed by atoms with Crippen molar-refractivity contribution in [2.24, 2.45) is 5.41 Å². The van der Waals surface area contributed by atoms with Gasteiger partial charge in [0, 0.05) is 9.86 Å². The van der Waals surface area contributed by atoms with Gasteiger partial charge in [0.25, 0.3) is 0 Å². The Kier molecular flexibility index (Phi) is 5.58. The van der Waals surface area contributed by atoms with Gasteiger partial charge in [-0.1, -0.05) is 54.4 Å². The summed E-state index contributed by atoms with van der Waals surface area (Å²) in [5.74, 6) is 0.759. The van der Waals surface area contributed by atoms with Gasteiger partial charge in [-0.3, -0.25) is 0 Å². The number of pyridine rings is 1. The highest BCUT2D eigenvalue weighted by Crippen LogP contribution is 2.36. The Balaban J connectivity index is 2.10. The topological polar surface area (TPSA) is 39.9 Å². The van der Waals surface area contributed by atoms with Crippen molar-refractivity contribution in [3.05, 3.63) is 51.7 Å². The summed E-state index contributed by atoms with van der Waals surface area (Å²) in [6.07, 6.45) is 1.73. The van der Waals surface area contributed by atoms with Crippen LogP contribution in [0.25, 0.3) is 16.7 Å². The Labute approximate surface area is 169 Å². The molecule has 7 heteroatoms. The molecule has 1 aromatic carbocycles. The van der Waals surface area contributed by atoms with Crippen LogP contribution in [0, 0.1) is 5.41 Å². The van der Waals surface area contributed by atoms with Crippen molar-refractivity contribution in [2.45, 2.75) is 40.0 Å². The molecular formula is C19H23BrClN3OSi. The first-order valence-electron chi connectivity index (χ1n) is 8.62. The molecule has 3 aromatic rings. The van der Waals surface area contributed by atoms with Crippen molar-refractivity contribution < 1.29 is 4.43 Å². The van der Waals surface area contributed by atoms with Crippen LogP contribution in [-0.4, -0.2) is 23.8 Å². The zero-order valence-electron chi connectivity index (χ0n) is 15.6. The van der Waals surface area contributed by atoms with Crippen LogP contribution in [0.4, 0.5) is 0 Å². The fourth-order valence-corrected chi connectivity index (χ4v) is 4.86. The Morgan fingerprint density at radius 3 is 2.62 bits per heavy atom. The number of fused-ring (bicyclic) bond motifs is 1. The summed E-state index contributed by atoms with van der Waals surface area (Å²) in [5, 5.41) is 6.08. The van der Waals surface area contributed by atoms with Gasteiger partial charge >= 0.3 is 0 Å². The first-order chi connectivity index (χ1) is 12.2. The second-order valence-electron chi connectivity index (χ2n) is 7.73. The maximum atomic E-state index is 6.34. The van der Waals surface area contributed by atoms with Crippen LogP contribution < -0.4 is 0 Å². The van der Waals surface area contributed by atoms with Crippen molar-refractivity contribution in [1.82, 2.24) is 14.8 Å². The lowest BCUT2D eigenvalue weighted by Gasteiger charge is -2.32. The van der Waals surface area contributed by atoms with Crippen molar-refractivity contribution in [2.75, 3.05) is 0 Å². The fraction of sp³-hybridized carbons (Fsp3) is 0.368. The van der Waals surface area contributed by atoms with E-state index >= 15 is 0 Å². The maximum absolute atomic E-state index is 6.34. The van der Waals surface area contributed by atoms with E-state index in [9.17, 15) is 0 Å². The number of rotatable bonds is 4. The van der Waals surface area contributed by atoms with Gasteiger partial charge in [0.15, 0.2) is 14.9 Å². The average molecular weight is 453 g/mol. The largest absolute Gasteiger partial charge is 0.412 e. The van der Waals surface area contributed by atoms with Crippen molar-refractivity contribution in [3.63, 3.8) is 0 Å². The molecule has 2 aromatic heterocycles. The SMILES string of the molecule is C[SiH](C)OC(c1cccc(-n2ncc3c(Cl)cc(Br)cc32)n1)C(C)(C)C. The van der Waals surface area contributed by atoms with Crippen molar-refractivity contribution in [3.8, 4) is 5.82 Å². The first-order valence-corrected chi connectivity index (χ1v) is 12.6. The lowest BCUT2D eigenvalue weighted by atomic mass is 9.87. The highest BCUT2D eigenvalue weighted by Gasteiger charge is 2.29. The molecular weight excluding hydrogens is 430 g/mol. The standard InChI is InChI=1S/C19H23BrClN3OSi/c1-19(2,3)18(25-26(4)5)15-7-6-8-17(23-15)24-16-10-12(20)9-14(21)13(16)11-22-24/h6-11,18,26H,1-5H3. The third kappa shape index (κ3) is 4.03. The molecule has 138 valence electrons. The normalized spacial score (nSPS) is 13.5. The van der Waals surface area contributed by atoms with E-state index in [1.165, 1.54) is 0 Å². The average Bonchev–Trinajstić information content (AvgIpc) is 2.95. The van der Waals surface area contributed by atoms with E-state index in [0.29, 0.717) is 5.02 Å². The number of benzene rings is 1. The van der Waals surface area contributed by atoms with Crippen molar-refractivity contribution in [1.29, 1.82) is 0 Å².